The molecule has 0 aliphatic heterocycles. The number of hydrogen-bond donors (Lipinski definition) is 1. The normalized spacial score (nSPS) is 14.2. The summed E-state index contributed by atoms with van der Waals surface area (Å²) in [5, 5.41) is 7.57. The number of aryl methyl sites for hydroxylation is 2. The summed E-state index contributed by atoms with van der Waals surface area (Å²) in [6, 6.07) is 1.96. The summed E-state index contributed by atoms with van der Waals surface area (Å²) in [6.07, 6.45) is 6.38. The zero-order valence-corrected chi connectivity index (χ0v) is 11.5. The van der Waals surface area contributed by atoms with Gasteiger partial charge >= 0.3 is 0 Å². The first-order chi connectivity index (χ1) is 9.29. The van der Waals surface area contributed by atoms with Gasteiger partial charge in [-0.1, -0.05) is 0 Å². The molecule has 0 saturated carbocycles. The van der Waals surface area contributed by atoms with Crippen LogP contribution in [0.5, 0.6) is 0 Å². The van der Waals surface area contributed by atoms with Crippen molar-refractivity contribution in [3.63, 3.8) is 0 Å². The third-order valence-corrected chi connectivity index (χ3v) is 3.58. The molecule has 0 spiro atoms. The number of nitrogens with one attached hydrogen (secondary N) is 1. The highest BCUT2D eigenvalue weighted by Crippen LogP contribution is 2.28. The van der Waals surface area contributed by atoms with E-state index in [0.717, 1.165) is 36.7 Å². The topological polar surface area (TPSA) is 55.6 Å². The van der Waals surface area contributed by atoms with Gasteiger partial charge < -0.3 is 5.32 Å². The molecule has 0 aromatic carbocycles. The van der Waals surface area contributed by atoms with Crippen molar-refractivity contribution in [2.45, 2.75) is 32.6 Å². The molecule has 3 rings (SSSR count). The van der Waals surface area contributed by atoms with E-state index < -0.39 is 0 Å². The van der Waals surface area contributed by atoms with Gasteiger partial charge in [0.05, 0.1) is 0 Å². The summed E-state index contributed by atoms with van der Waals surface area (Å²) >= 11 is 0. The third-order valence-electron chi connectivity index (χ3n) is 3.58. The van der Waals surface area contributed by atoms with E-state index in [9.17, 15) is 0 Å². The average Bonchev–Trinajstić information content (AvgIpc) is 2.85. The Balaban J connectivity index is 2.11. The van der Waals surface area contributed by atoms with Gasteiger partial charge in [-0.05, 0) is 38.7 Å². The Morgan fingerprint density at radius 2 is 2.11 bits per heavy atom. The molecule has 2 aromatic rings. The zero-order valence-electron chi connectivity index (χ0n) is 11.5. The van der Waals surface area contributed by atoms with Gasteiger partial charge in [0.25, 0.3) is 0 Å². The molecule has 2 heterocycles. The highest BCUT2D eigenvalue weighted by Gasteiger charge is 2.19. The fraction of sp³-hybridized carbons (Fsp3) is 0.500. The number of rotatable bonds is 3. The van der Waals surface area contributed by atoms with Gasteiger partial charge in [-0.2, -0.15) is 5.10 Å². The van der Waals surface area contributed by atoms with E-state index in [4.69, 9.17) is 9.97 Å². The van der Waals surface area contributed by atoms with Crippen molar-refractivity contribution in [2.24, 2.45) is 7.05 Å². The Labute approximate surface area is 113 Å². The van der Waals surface area contributed by atoms with Gasteiger partial charge in [-0.3, -0.25) is 4.68 Å². The molecule has 5 heteroatoms. The van der Waals surface area contributed by atoms with Crippen LogP contribution in [0, 0.1) is 0 Å². The van der Waals surface area contributed by atoms with Crippen molar-refractivity contribution in [1.82, 2.24) is 19.7 Å². The van der Waals surface area contributed by atoms with Crippen LogP contribution in [0.4, 0.5) is 5.82 Å². The summed E-state index contributed by atoms with van der Waals surface area (Å²) in [6.45, 7) is 2.98. The number of aromatic nitrogens is 4. The van der Waals surface area contributed by atoms with Crippen LogP contribution in [-0.4, -0.2) is 26.3 Å². The highest BCUT2D eigenvalue weighted by atomic mass is 15.3. The maximum Gasteiger partial charge on any atom is 0.180 e. The van der Waals surface area contributed by atoms with Crippen LogP contribution in [-0.2, 0) is 19.9 Å². The second kappa shape index (κ2) is 4.99. The van der Waals surface area contributed by atoms with E-state index in [0.29, 0.717) is 0 Å². The summed E-state index contributed by atoms with van der Waals surface area (Å²) < 4.78 is 1.82. The van der Waals surface area contributed by atoms with Crippen LogP contribution in [0.3, 0.4) is 0 Å². The molecule has 0 atom stereocenters. The van der Waals surface area contributed by atoms with E-state index in [1.807, 2.05) is 17.8 Å². The number of fused-ring (bicyclic) bond motifs is 1. The molecule has 0 fully saturated rings. The summed E-state index contributed by atoms with van der Waals surface area (Å²) in [5.41, 5.74) is 3.47. The van der Waals surface area contributed by atoms with E-state index in [1.165, 1.54) is 24.1 Å². The third kappa shape index (κ3) is 2.20. The monoisotopic (exact) mass is 257 g/mol. The molecule has 1 aliphatic rings. The van der Waals surface area contributed by atoms with Gasteiger partial charge in [0.2, 0.25) is 0 Å². The maximum absolute atomic E-state index is 4.75. The Morgan fingerprint density at radius 3 is 2.84 bits per heavy atom. The minimum Gasteiger partial charge on any atom is -0.370 e. The van der Waals surface area contributed by atoms with Gasteiger partial charge in [-0.25, -0.2) is 9.97 Å². The molecule has 1 aliphatic carbocycles. The largest absolute Gasteiger partial charge is 0.370 e. The van der Waals surface area contributed by atoms with Crippen molar-refractivity contribution >= 4 is 5.82 Å². The van der Waals surface area contributed by atoms with Gasteiger partial charge in [0, 0.05) is 31.0 Å². The number of nitrogens with zero attached hydrogens (tertiary/aromatic N) is 4. The Bertz CT molecular complexity index is 588. The predicted octanol–water partition coefficient (Wildman–Crippen LogP) is 2.19. The average molecular weight is 257 g/mol. The Hall–Kier alpha value is -1.91. The molecule has 19 heavy (non-hydrogen) atoms. The maximum atomic E-state index is 4.75. The molecule has 5 nitrogen and oxygen atoms in total. The lowest BCUT2D eigenvalue weighted by Gasteiger charge is -2.19. The lowest BCUT2D eigenvalue weighted by molar-refractivity contribution is 0.663. The standard InChI is InChI=1S/C14H19N5/c1-3-15-13-10-6-4-5-7-11(10)17-14(18-13)12-8-9-16-19(12)2/h8-9H,3-7H2,1-2H3,(H,15,17,18). The second-order valence-electron chi connectivity index (χ2n) is 4.90. The van der Waals surface area contributed by atoms with Crippen LogP contribution in [0.1, 0.15) is 31.0 Å². The van der Waals surface area contributed by atoms with Crippen molar-refractivity contribution < 1.29 is 0 Å². The molecule has 0 amide bonds. The first-order valence-corrected chi connectivity index (χ1v) is 6.91. The van der Waals surface area contributed by atoms with Crippen molar-refractivity contribution in [3.8, 4) is 11.5 Å². The molecule has 0 bridgehead atoms. The van der Waals surface area contributed by atoms with E-state index in [-0.39, 0.29) is 0 Å². The van der Waals surface area contributed by atoms with Crippen LogP contribution in [0.15, 0.2) is 12.3 Å². The van der Waals surface area contributed by atoms with Crippen molar-refractivity contribution in [2.75, 3.05) is 11.9 Å². The first kappa shape index (κ1) is 12.1. The molecule has 0 radical (unpaired) electrons. The summed E-state index contributed by atoms with van der Waals surface area (Å²) in [7, 11) is 1.92. The lowest BCUT2D eigenvalue weighted by Crippen LogP contribution is -2.14. The fourth-order valence-electron chi connectivity index (χ4n) is 2.62. The summed E-state index contributed by atoms with van der Waals surface area (Å²) in [5.74, 6) is 1.78. The molecule has 2 aromatic heterocycles. The molecule has 0 unspecified atom stereocenters. The smallest absolute Gasteiger partial charge is 0.180 e. The van der Waals surface area contributed by atoms with E-state index in [2.05, 4.69) is 17.3 Å². The molecule has 1 N–H and O–H groups in total. The quantitative estimate of drug-likeness (QED) is 0.915. The number of hydrogen-bond acceptors (Lipinski definition) is 4. The molecular weight excluding hydrogens is 238 g/mol. The van der Waals surface area contributed by atoms with Gasteiger partial charge in [-0.15, -0.1) is 0 Å². The SMILES string of the molecule is CCNc1nc(-c2ccnn2C)nc2c1CCCC2. The summed E-state index contributed by atoms with van der Waals surface area (Å²) in [4.78, 5) is 9.44. The van der Waals surface area contributed by atoms with Crippen LogP contribution < -0.4 is 5.32 Å². The van der Waals surface area contributed by atoms with Crippen molar-refractivity contribution in [1.29, 1.82) is 0 Å². The van der Waals surface area contributed by atoms with Crippen LogP contribution in [0.2, 0.25) is 0 Å². The van der Waals surface area contributed by atoms with Crippen LogP contribution in [0.25, 0.3) is 11.5 Å². The van der Waals surface area contributed by atoms with Gasteiger partial charge in [0.15, 0.2) is 5.82 Å². The van der Waals surface area contributed by atoms with Crippen molar-refractivity contribution in [3.05, 3.63) is 23.5 Å². The van der Waals surface area contributed by atoms with E-state index in [1.54, 1.807) is 6.20 Å². The Morgan fingerprint density at radius 1 is 1.26 bits per heavy atom. The van der Waals surface area contributed by atoms with Gasteiger partial charge in [0.1, 0.15) is 11.5 Å². The first-order valence-electron chi connectivity index (χ1n) is 6.91. The minimum absolute atomic E-state index is 0.775. The lowest BCUT2D eigenvalue weighted by atomic mass is 9.96. The molecule has 100 valence electrons. The fourth-order valence-corrected chi connectivity index (χ4v) is 2.62. The Kier molecular flexibility index (Phi) is 3.19. The second-order valence-corrected chi connectivity index (χ2v) is 4.90. The van der Waals surface area contributed by atoms with Crippen LogP contribution >= 0.6 is 0 Å². The number of anilines is 1. The molecule has 0 saturated heterocycles. The highest BCUT2D eigenvalue weighted by molar-refractivity contribution is 5.57. The predicted molar refractivity (Wildman–Crippen MR) is 75.0 cm³/mol. The minimum atomic E-state index is 0.775. The zero-order chi connectivity index (χ0) is 13.2. The molecular formula is C14H19N5. The van der Waals surface area contributed by atoms with E-state index >= 15 is 0 Å².